The van der Waals surface area contributed by atoms with Crippen LogP contribution in [-0.2, 0) is 5.41 Å². The summed E-state index contributed by atoms with van der Waals surface area (Å²) in [5.74, 6) is 0.755. The van der Waals surface area contributed by atoms with Crippen LogP contribution in [0.15, 0.2) is 48.1 Å². The van der Waals surface area contributed by atoms with Gasteiger partial charge in [0.2, 0.25) is 0 Å². The molecule has 1 aromatic rings. The quantitative estimate of drug-likeness (QED) is 0.641. The van der Waals surface area contributed by atoms with Crippen molar-refractivity contribution in [3.63, 3.8) is 0 Å². The van der Waals surface area contributed by atoms with Gasteiger partial charge in [0.05, 0.1) is 0 Å². The molecule has 15 heavy (non-hydrogen) atoms. The van der Waals surface area contributed by atoms with E-state index in [-0.39, 0.29) is 0 Å². The van der Waals surface area contributed by atoms with Gasteiger partial charge in [-0.3, -0.25) is 0 Å². The molecule has 2 unspecified atom stereocenters. The van der Waals surface area contributed by atoms with E-state index in [4.69, 9.17) is 0 Å². The van der Waals surface area contributed by atoms with E-state index in [0.717, 1.165) is 5.92 Å². The molecule has 0 aromatic heterocycles. The van der Waals surface area contributed by atoms with E-state index in [1.54, 1.807) is 0 Å². The Morgan fingerprint density at radius 2 is 1.87 bits per heavy atom. The number of allylic oxidation sites excluding steroid dienone is 4. The zero-order valence-corrected chi connectivity index (χ0v) is 9.33. The molecule has 0 radical (unpaired) electrons. The largest absolute Gasteiger partial charge is 0.0772 e. The Morgan fingerprint density at radius 3 is 2.53 bits per heavy atom. The number of fused-ring (bicyclic) bond motifs is 1. The second-order valence-corrected chi connectivity index (χ2v) is 4.96. The molecule has 0 amide bonds. The van der Waals surface area contributed by atoms with Crippen molar-refractivity contribution in [2.75, 3.05) is 0 Å². The molecule has 3 rings (SSSR count). The van der Waals surface area contributed by atoms with Gasteiger partial charge < -0.3 is 0 Å². The van der Waals surface area contributed by atoms with Gasteiger partial charge in [-0.2, -0.15) is 0 Å². The third-order valence-electron chi connectivity index (χ3n) is 3.76. The first-order chi connectivity index (χ1) is 7.21. The summed E-state index contributed by atoms with van der Waals surface area (Å²) in [4.78, 5) is 0. The minimum atomic E-state index is 0.354. The molecular weight excluding hydrogens is 180 g/mol. The van der Waals surface area contributed by atoms with Crippen molar-refractivity contribution in [2.45, 2.75) is 25.7 Å². The highest BCUT2D eigenvalue weighted by molar-refractivity contribution is 5.48. The smallest absolute Gasteiger partial charge is 0.0204 e. The summed E-state index contributed by atoms with van der Waals surface area (Å²) >= 11 is 0. The lowest BCUT2D eigenvalue weighted by Crippen LogP contribution is -2.08. The number of aryl methyl sites for hydroxylation is 1. The fourth-order valence-corrected chi connectivity index (χ4v) is 2.65. The van der Waals surface area contributed by atoms with Gasteiger partial charge in [0, 0.05) is 5.41 Å². The fraction of sp³-hybridized carbons (Fsp3) is 0.333. The van der Waals surface area contributed by atoms with Gasteiger partial charge in [0.15, 0.2) is 0 Å². The van der Waals surface area contributed by atoms with Crippen LogP contribution in [0.4, 0.5) is 0 Å². The van der Waals surface area contributed by atoms with Crippen molar-refractivity contribution in [3.05, 3.63) is 59.2 Å². The van der Waals surface area contributed by atoms with Crippen LogP contribution in [-0.4, -0.2) is 0 Å². The maximum absolute atomic E-state index is 2.42. The number of benzene rings is 1. The van der Waals surface area contributed by atoms with Gasteiger partial charge >= 0.3 is 0 Å². The molecule has 0 heterocycles. The third-order valence-corrected chi connectivity index (χ3v) is 3.76. The summed E-state index contributed by atoms with van der Waals surface area (Å²) in [7, 11) is 0. The Balaban J connectivity index is 1.98. The van der Waals surface area contributed by atoms with Crippen LogP contribution >= 0.6 is 0 Å². The predicted octanol–water partition coefficient (Wildman–Crippen LogP) is 3.77. The van der Waals surface area contributed by atoms with Gasteiger partial charge in [0.25, 0.3) is 0 Å². The van der Waals surface area contributed by atoms with E-state index in [1.807, 2.05) is 0 Å². The monoisotopic (exact) mass is 196 g/mol. The van der Waals surface area contributed by atoms with Crippen molar-refractivity contribution in [3.8, 4) is 0 Å². The first kappa shape index (κ1) is 8.96. The lowest BCUT2D eigenvalue weighted by molar-refractivity contribution is 0.810. The number of rotatable bonds is 1. The number of hydrogen-bond acceptors (Lipinski definition) is 0. The molecule has 2 atom stereocenters. The van der Waals surface area contributed by atoms with E-state index in [1.165, 1.54) is 23.1 Å². The standard InChI is InChI=1S/C15H16/c1-11-3-5-13(6-4-11)15-8-7-12(2)9-14(15)10-15/h3-9,14H,10H2,1-2H3. The highest BCUT2D eigenvalue weighted by atomic mass is 14.6. The zero-order valence-electron chi connectivity index (χ0n) is 9.33. The first-order valence-corrected chi connectivity index (χ1v) is 5.65. The molecule has 2 aliphatic rings. The van der Waals surface area contributed by atoms with E-state index in [9.17, 15) is 0 Å². The molecular formula is C15H16. The van der Waals surface area contributed by atoms with Crippen LogP contribution in [0.2, 0.25) is 0 Å². The normalized spacial score (nSPS) is 32.1. The molecule has 0 aliphatic heterocycles. The molecule has 0 bridgehead atoms. The summed E-state index contributed by atoms with van der Waals surface area (Å²) in [5.41, 5.74) is 4.60. The van der Waals surface area contributed by atoms with Crippen molar-refractivity contribution in [1.82, 2.24) is 0 Å². The van der Waals surface area contributed by atoms with Gasteiger partial charge in [-0.15, -0.1) is 0 Å². The average molecular weight is 196 g/mol. The maximum atomic E-state index is 2.42. The molecule has 2 aliphatic carbocycles. The van der Waals surface area contributed by atoms with Gasteiger partial charge in [-0.25, -0.2) is 0 Å². The molecule has 0 saturated heterocycles. The second-order valence-electron chi connectivity index (χ2n) is 4.96. The minimum Gasteiger partial charge on any atom is -0.0772 e. The van der Waals surface area contributed by atoms with Crippen molar-refractivity contribution in [1.29, 1.82) is 0 Å². The van der Waals surface area contributed by atoms with Crippen LogP contribution in [0.5, 0.6) is 0 Å². The summed E-state index contributed by atoms with van der Waals surface area (Å²) < 4.78 is 0. The summed E-state index contributed by atoms with van der Waals surface area (Å²) in [6.07, 6.45) is 8.38. The van der Waals surface area contributed by atoms with E-state index >= 15 is 0 Å². The Hall–Kier alpha value is -1.30. The lowest BCUT2D eigenvalue weighted by atomic mass is 9.88. The lowest BCUT2D eigenvalue weighted by Gasteiger charge is -2.16. The summed E-state index contributed by atoms with van der Waals surface area (Å²) in [6, 6.07) is 9.01. The van der Waals surface area contributed by atoms with Crippen molar-refractivity contribution < 1.29 is 0 Å². The molecule has 1 saturated carbocycles. The number of hydrogen-bond donors (Lipinski definition) is 0. The summed E-state index contributed by atoms with van der Waals surface area (Å²) in [5, 5.41) is 0. The Morgan fingerprint density at radius 1 is 1.13 bits per heavy atom. The maximum Gasteiger partial charge on any atom is 0.0204 e. The second kappa shape index (κ2) is 2.85. The van der Waals surface area contributed by atoms with Crippen molar-refractivity contribution in [2.24, 2.45) is 5.92 Å². The molecule has 76 valence electrons. The highest BCUT2D eigenvalue weighted by Gasteiger charge is 2.52. The molecule has 0 N–H and O–H groups in total. The van der Waals surface area contributed by atoms with Crippen LogP contribution in [0, 0.1) is 12.8 Å². The Labute approximate surface area is 91.3 Å². The molecule has 0 spiro atoms. The third kappa shape index (κ3) is 1.28. The predicted molar refractivity (Wildman–Crippen MR) is 63.9 cm³/mol. The van der Waals surface area contributed by atoms with Crippen molar-refractivity contribution >= 4 is 0 Å². The van der Waals surface area contributed by atoms with E-state index in [0.29, 0.717) is 5.41 Å². The van der Waals surface area contributed by atoms with E-state index in [2.05, 4.69) is 56.3 Å². The average Bonchev–Trinajstić information content (AvgIpc) is 2.93. The SMILES string of the molecule is CC1=CC2CC2(c2ccc(C)cc2)C=C1. The fourth-order valence-electron chi connectivity index (χ4n) is 2.65. The topological polar surface area (TPSA) is 0 Å². The summed E-state index contributed by atoms with van der Waals surface area (Å²) in [6.45, 7) is 4.33. The van der Waals surface area contributed by atoms with Gasteiger partial charge in [-0.05, 0) is 31.7 Å². The molecule has 1 aromatic carbocycles. The Bertz CT molecular complexity index is 447. The van der Waals surface area contributed by atoms with Gasteiger partial charge in [0.1, 0.15) is 0 Å². The van der Waals surface area contributed by atoms with Crippen LogP contribution < -0.4 is 0 Å². The van der Waals surface area contributed by atoms with Crippen LogP contribution in [0.3, 0.4) is 0 Å². The minimum absolute atomic E-state index is 0.354. The van der Waals surface area contributed by atoms with Crippen LogP contribution in [0.1, 0.15) is 24.5 Å². The molecule has 0 nitrogen and oxygen atoms in total. The molecule has 0 heteroatoms. The Kier molecular flexibility index (Phi) is 1.70. The zero-order chi connectivity index (χ0) is 10.5. The van der Waals surface area contributed by atoms with E-state index < -0.39 is 0 Å². The van der Waals surface area contributed by atoms with Crippen LogP contribution in [0.25, 0.3) is 0 Å². The first-order valence-electron chi connectivity index (χ1n) is 5.65. The molecule has 1 fully saturated rings. The highest BCUT2D eigenvalue weighted by Crippen LogP contribution is 2.58. The van der Waals surface area contributed by atoms with Gasteiger partial charge in [-0.1, -0.05) is 53.6 Å².